The van der Waals surface area contributed by atoms with Crippen LogP contribution in [0.25, 0.3) is 21.6 Å². The highest BCUT2D eigenvalue weighted by Gasteiger charge is 2.21. The van der Waals surface area contributed by atoms with Crippen molar-refractivity contribution in [1.82, 2.24) is 9.97 Å². The van der Waals surface area contributed by atoms with Crippen molar-refractivity contribution in [2.24, 2.45) is 0 Å². The van der Waals surface area contributed by atoms with Crippen molar-refractivity contribution in [3.8, 4) is 11.4 Å². The maximum atomic E-state index is 11.8. The summed E-state index contributed by atoms with van der Waals surface area (Å²) in [7, 11) is 1.37. The Morgan fingerprint density at radius 1 is 1.06 bits per heavy atom. The topological polar surface area (TPSA) is 64.1 Å². The smallest absolute Gasteiger partial charge is 0.337 e. The number of esters is 1. The minimum Gasteiger partial charge on any atom is -0.465 e. The van der Waals surface area contributed by atoms with E-state index in [2.05, 4.69) is 5.32 Å². The Bertz CT molecular complexity index is 1350. The number of fused-ring (bicyclic) bond motifs is 3. The molecule has 5 rings (SSSR count). The molecule has 0 unspecified atom stereocenters. The molecule has 33 heavy (non-hydrogen) atoms. The molecule has 1 aliphatic rings. The van der Waals surface area contributed by atoms with Crippen LogP contribution in [0.3, 0.4) is 0 Å². The first-order valence-electron chi connectivity index (χ1n) is 10.7. The molecule has 2 aromatic carbocycles. The number of halogens is 2. The molecule has 0 atom stereocenters. The zero-order chi connectivity index (χ0) is 22.9. The molecule has 5 nitrogen and oxygen atoms in total. The predicted molar refractivity (Wildman–Crippen MR) is 135 cm³/mol. The number of hydrogen-bond acceptors (Lipinski definition) is 6. The number of thiophene rings is 1. The summed E-state index contributed by atoms with van der Waals surface area (Å²) < 4.78 is 4.80. The quantitative estimate of drug-likeness (QED) is 0.302. The van der Waals surface area contributed by atoms with Crippen LogP contribution in [0.4, 0.5) is 5.82 Å². The lowest BCUT2D eigenvalue weighted by Gasteiger charge is -2.14. The number of aryl methyl sites for hydroxylation is 2. The van der Waals surface area contributed by atoms with E-state index in [1.54, 1.807) is 29.5 Å². The van der Waals surface area contributed by atoms with Crippen LogP contribution in [0.2, 0.25) is 10.0 Å². The van der Waals surface area contributed by atoms with Gasteiger partial charge in [-0.3, -0.25) is 0 Å². The molecule has 0 radical (unpaired) electrons. The van der Waals surface area contributed by atoms with Gasteiger partial charge >= 0.3 is 5.97 Å². The summed E-state index contributed by atoms with van der Waals surface area (Å²) >= 11 is 14.0. The van der Waals surface area contributed by atoms with Crippen molar-refractivity contribution in [1.29, 1.82) is 0 Å². The van der Waals surface area contributed by atoms with Crippen molar-refractivity contribution in [2.75, 3.05) is 12.4 Å². The van der Waals surface area contributed by atoms with Gasteiger partial charge < -0.3 is 10.1 Å². The van der Waals surface area contributed by atoms with E-state index >= 15 is 0 Å². The predicted octanol–water partition coefficient (Wildman–Crippen LogP) is 6.94. The lowest BCUT2D eigenvalue weighted by atomic mass is 9.97. The second-order valence-electron chi connectivity index (χ2n) is 7.96. The number of carbonyl (C=O) groups is 1. The van der Waals surface area contributed by atoms with Gasteiger partial charge in [-0.15, -0.1) is 11.3 Å². The number of nitrogens with one attached hydrogen (secondary N) is 1. The summed E-state index contributed by atoms with van der Waals surface area (Å²) in [5.74, 6) is 1.07. The molecule has 0 spiro atoms. The van der Waals surface area contributed by atoms with Gasteiger partial charge in [0.2, 0.25) is 0 Å². The first-order chi connectivity index (χ1) is 16.0. The van der Waals surface area contributed by atoms with Gasteiger partial charge in [0.1, 0.15) is 10.6 Å². The van der Waals surface area contributed by atoms with E-state index in [1.807, 2.05) is 24.3 Å². The van der Waals surface area contributed by atoms with Gasteiger partial charge in [-0.25, -0.2) is 14.8 Å². The fraction of sp³-hybridized carbons (Fsp3) is 0.240. The maximum absolute atomic E-state index is 11.8. The Kier molecular flexibility index (Phi) is 6.23. The molecule has 0 saturated heterocycles. The highest BCUT2D eigenvalue weighted by atomic mass is 35.5. The lowest BCUT2D eigenvalue weighted by Crippen LogP contribution is -2.06. The number of nitrogens with zero attached hydrogens (tertiary/aromatic N) is 2. The second kappa shape index (κ2) is 9.29. The first kappa shape index (κ1) is 22.1. The summed E-state index contributed by atoms with van der Waals surface area (Å²) in [6.45, 7) is 0.564. The number of hydrogen-bond donors (Lipinski definition) is 1. The number of benzene rings is 2. The average Bonchev–Trinajstić information content (AvgIpc) is 3.23. The Labute approximate surface area is 205 Å². The zero-order valence-corrected chi connectivity index (χ0v) is 20.3. The number of anilines is 1. The van der Waals surface area contributed by atoms with Crippen molar-refractivity contribution >= 4 is 56.5 Å². The van der Waals surface area contributed by atoms with Gasteiger partial charge in [-0.1, -0.05) is 41.4 Å². The number of aromatic nitrogens is 2. The van der Waals surface area contributed by atoms with Crippen LogP contribution in [0.1, 0.15) is 39.2 Å². The molecular weight excluding hydrogens is 477 g/mol. The van der Waals surface area contributed by atoms with E-state index in [4.69, 9.17) is 37.9 Å². The average molecular weight is 498 g/mol. The maximum Gasteiger partial charge on any atom is 0.337 e. The van der Waals surface area contributed by atoms with E-state index in [0.717, 1.165) is 40.0 Å². The third kappa shape index (κ3) is 4.43. The van der Waals surface area contributed by atoms with Crippen molar-refractivity contribution in [2.45, 2.75) is 32.2 Å². The summed E-state index contributed by atoms with van der Waals surface area (Å²) in [6, 6.07) is 12.8. The van der Waals surface area contributed by atoms with Crippen LogP contribution < -0.4 is 5.32 Å². The fourth-order valence-electron chi connectivity index (χ4n) is 4.12. The molecule has 0 fully saturated rings. The zero-order valence-electron chi connectivity index (χ0n) is 18.0. The Hall–Kier alpha value is -2.67. The van der Waals surface area contributed by atoms with Crippen LogP contribution in [0, 0.1) is 0 Å². The monoisotopic (exact) mass is 497 g/mol. The molecule has 1 N–H and O–H groups in total. The Morgan fingerprint density at radius 2 is 1.85 bits per heavy atom. The molecule has 0 amide bonds. The molecule has 0 bridgehead atoms. The van der Waals surface area contributed by atoms with Gasteiger partial charge in [-0.2, -0.15) is 0 Å². The van der Waals surface area contributed by atoms with E-state index in [-0.39, 0.29) is 5.97 Å². The minimum absolute atomic E-state index is 0.368. The normalized spacial score (nSPS) is 13.1. The van der Waals surface area contributed by atoms with Crippen LogP contribution >= 0.6 is 34.5 Å². The van der Waals surface area contributed by atoms with Crippen LogP contribution in [-0.2, 0) is 24.1 Å². The molecular formula is C25H21Cl2N3O2S. The molecule has 4 aromatic rings. The van der Waals surface area contributed by atoms with Gasteiger partial charge in [-0.05, 0) is 61.1 Å². The van der Waals surface area contributed by atoms with Crippen molar-refractivity contribution in [3.63, 3.8) is 0 Å². The number of methoxy groups -OCH3 is 1. The minimum atomic E-state index is -0.368. The largest absolute Gasteiger partial charge is 0.465 e. The molecule has 168 valence electrons. The lowest BCUT2D eigenvalue weighted by molar-refractivity contribution is 0.0600. The summed E-state index contributed by atoms with van der Waals surface area (Å²) in [6.07, 6.45) is 4.53. The van der Waals surface area contributed by atoms with Gasteiger partial charge in [0, 0.05) is 17.0 Å². The van der Waals surface area contributed by atoms with E-state index in [1.165, 1.54) is 30.4 Å². The van der Waals surface area contributed by atoms with Gasteiger partial charge in [0.25, 0.3) is 0 Å². The summed E-state index contributed by atoms with van der Waals surface area (Å²) in [5.41, 5.74) is 3.72. The van der Waals surface area contributed by atoms with E-state index in [9.17, 15) is 4.79 Å². The van der Waals surface area contributed by atoms with Crippen LogP contribution in [0.5, 0.6) is 0 Å². The van der Waals surface area contributed by atoms with Gasteiger partial charge in [0.15, 0.2) is 5.82 Å². The molecule has 0 aliphatic heterocycles. The molecule has 2 aromatic heterocycles. The number of carbonyl (C=O) groups excluding carboxylic acids is 1. The summed E-state index contributed by atoms with van der Waals surface area (Å²) in [5, 5.41) is 5.70. The second-order valence-corrected chi connectivity index (χ2v) is 9.86. The number of rotatable bonds is 5. The standard InChI is InChI=1S/C25H21Cl2N3O2S/c1-32-25(31)16-9-7-15(8-10-16)22-29-23(28-13-14-6-11-18(26)19(27)12-14)21-17-4-2-3-5-20(17)33-24(21)30-22/h6-12H,2-5,13H2,1H3,(H,28,29,30). The van der Waals surface area contributed by atoms with Crippen molar-refractivity contribution < 1.29 is 9.53 Å². The highest BCUT2D eigenvalue weighted by Crippen LogP contribution is 2.40. The number of ether oxygens (including phenoxy) is 1. The van der Waals surface area contributed by atoms with Crippen LogP contribution in [-0.4, -0.2) is 23.0 Å². The molecule has 0 saturated carbocycles. The highest BCUT2D eigenvalue weighted by molar-refractivity contribution is 7.19. The fourth-order valence-corrected chi connectivity index (χ4v) is 5.70. The third-order valence-electron chi connectivity index (χ3n) is 5.82. The molecule has 8 heteroatoms. The van der Waals surface area contributed by atoms with Gasteiger partial charge in [0.05, 0.1) is 28.1 Å². The van der Waals surface area contributed by atoms with Crippen LogP contribution in [0.15, 0.2) is 42.5 Å². The van der Waals surface area contributed by atoms with E-state index < -0.39 is 0 Å². The molecule has 2 heterocycles. The van der Waals surface area contributed by atoms with E-state index in [0.29, 0.717) is 28.0 Å². The Balaban J connectivity index is 1.55. The first-order valence-corrected chi connectivity index (χ1v) is 12.3. The SMILES string of the molecule is COC(=O)c1ccc(-c2nc(NCc3ccc(Cl)c(Cl)c3)c3c4c(sc3n2)CCCC4)cc1. The molecule has 1 aliphatic carbocycles. The Morgan fingerprint density at radius 3 is 2.61 bits per heavy atom. The third-order valence-corrected chi connectivity index (χ3v) is 7.75. The van der Waals surface area contributed by atoms with Crippen molar-refractivity contribution in [3.05, 3.63) is 74.1 Å². The summed E-state index contributed by atoms with van der Waals surface area (Å²) in [4.78, 5) is 24.0.